The van der Waals surface area contributed by atoms with Gasteiger partial charge < -0.3 is 10.8 Å². The summed E-state index contributed by atoms with van der Waals surface area (Å²) in [4.78, 5) is 10.3. The lowest BCUT2D eigenvalue weighted by Crippen LogP contribution is -2.30. The lowest BCUT2D eigenvalue weighted by molar-refractivity contribution is -0.142. The zero-order valence-electron chi connectivity index (χ0n) is 5.46. The highest BCUT2D eigenvalue weighted by Crippen LogP contribution is 2.26. The molecule has 10 heavy (non-hydrogen) atoms. The van der Waals surface area contributed by atoms with Crippen LogP contribution in [0.4, 0.5) is 4.39 Å². The molecule has 0 spiro atoms. The van der Waals surface area contributed by atoms with Crippen molar-refractivity contribution < 1.29 is 14.3 Å². The molecular weight excluding hydrogens is 137 g/mol. The smallest absolute Gasteiger partial charge is 0.308 e. The predicted octanol–water partition coefficient (Wildman–Crippen LogP) is 0.146. The first-order valence-electron chi connectivity index (χ1n) is 3.23. The fourth-order valence-corrected chi connectivity index (χ4v) is 1.29. The second-order valence-corrected chi connectivity index (χ2v) is 2.68. The van der Waals surface area contributed by atoms with Crippen LogP contribution in [0.2, 0.25) is 0 Å². The van der Waals surface area contributed by atoms with Crippen LogP contribution < -0.4 is 5.73 Å². The summed E-state index contributed by atoms with van der Waals surface area (Å²) in [6.07, 6.45) is -0.746. The molecular formula is C6H10FNO2. The number of alkyl halides is 1. The summed E-state index contributed by atoms with van der Waals surface area (Å²) in [7, 11) is 0. The van der Waals surface area contributed by atoms with E-state index in [1.54, 1.807) is 0 Å². The van der Waals surface area contributed by atoms with Crippen LogP contribution in [0.25, 0.3) is 0 Å². The molecule has 1 fully saturated rings. The van der Waals surface area contributed by atoms with Crippen LogP contribution >= 0.6 is 0 Å². The molecule has 0 bridgehead atoms. The molecule has 0 aliphatic heterocycles. The highest BCUT2D eigenvalue weighted by atomic mass is 19.1. The van der Waals surface area contributed by atoms with Gasteiger partial charge in [-0.15, -0.1) is 0 Å². The van der Waals surface area contributed by atoms with E-state index in [-0.39, 0.29) is 12.8 Å². The first-order chi connectivity index (χ1) is 4.61. The van der Waals surface area contributed by atoms with Crippen LogP contribution in [0.15, 0.2) is 0 Å². The Hall–Kier alpha value is -0.640. The third-order valence-electron chi connectivity index (χ3n) is 1.87. The van der Waals surface area contributed by atoms with Gasteiger partial charge in [-0.2, -0.15) is 0 Å². The highest BCUT2D eigenvalue weighted by molar-refractivity contribution is 5.71. The third kappa shape index (κ3) is 1.26. The zero-order chi connectivity index (χ0) is 7.72. The second kappa shape index (κ2) is 2.54. The molecule has 4 heteroatoms. The fraction of sp³-hybridized carbons (Fsp3) is 0.833. The molecule has 0 unspecified atom stereocenters. The number of halogens is 1. The molecule has 58 valence electrons. The molecule has 3 atom stereocenters. The minimum atomic E-state index is -1.02. The van der Waals surface area contributed by atoms with Crippen LogP contribution in [-0.2, 0) is 4.79 Å². The third-order valence-corrected chi connectivity index (χ3v) is 1.87. The Morgan fingerprint density at radius 2 is 2.20 bits per heavy atom. The van der Waals surface area contributed by atoms with Gasteiger partial charge in [-0.1, -0.05) is 0 Å². The minimum absolute atomic E-state index is 0.0799. The Morgan fingerprint density at radius 3 is 2.40 bits per heavy atom. The monoisotopic (exact) mass is 147 g/mol. The Kier molecular flexibility index (Phi) is 1.89. The lowest BCUT2D eigenvalue weighted by Gasteiger charge is -2.07. The van der Waals surface area contributed by atoms with Crippen molar-refractivity contribution in [1.29, 1.82) is 0 Å². The van der Waals surface area contributed by atoms with Gasteiger partial charge in [0.15, 0.2) is 0 Å². The lowest BCUT2D eigenvalue weighted by atomic mass is 10.1. The Bertz CT molecular complexity index is 151. The quantitative estimate of drug-likeness (QED) is 0.554. The van der Waals surface area contributed by atoms with Gasteiger partial charge in [-0.3, -0.25) is 4.79 Å². The van der Waals surface area contributed by atoms with Gasteiger partial charge in [-0.25, -0.2) is 4.39 Å². The summed E-state index contributed by atoms with van der Waals surface area (Å²) in [6, 6.07) is -0.493. The largest absolute Gasteiger partial charge is 0.481 e. The predicted molar refractivity (Wildman–Crippen MR) is 33.2 cm³/mol. The van der Waals surface area contributed by atoms with Gasteiger partial charge >= 0.3 is 5.97 Å². The SMILES string of the molecule is N[C@@H]1C[C@@H](F)C[C@@H]1C(=O)O. The number of nitrogens with two attached hydrogens (primary N) is 1. The van der Waals surface area contributed by atoms with E-state index in [0.717, 1.165) is 0 Å². The maximum Gasteiger partial charge on any atom is 0.308 e. The Labute approximate surface area is 58.0 Å². The summed E-state index contributed by atoms with van der Waals surface area (Å²) in [5.41, 5.74) is 5.35. The van der Waals surface area contributed by atoms with Crippen molar-refractivity contribution in [3.8, 4) is 0 Å². The van der Waals surface area contributed by atoms with Crippen molar-refractivity contribution in [2.24, 2.45) is 11.7 Å². The first kappa shape index (κ1) is 7.47. The van der Waals surface area contributed by atoms with Gasteiger partial charge in [0.25, 0.3) is 0 Å². The van der Waals surface area contributed by atoms with Crippen molar-refractivity contribution in [3.63, 3.8) is 0 Å². The molecule has 0 saturated heterocycles. The molecule has 1 aliphatic rings. The van der Waals surface area contributed by atoms with E-state index in [2.05, 4.69) is 0 Å². The van der Waals surface area contributed by atoms with E-state index < -0.39 is 24.1 Å². The molecule has 1 saturated carbocycles. The van der Waals surface area contributed by atoms with E-state index in [4.69, 9.17) is 10.8 Å². The Morgan fingerprint density at radius 1 is 1.60 bits per heavy atom. The maximum atomic E-state index is 12.4. The normalized spacial score (nSPS) is 40.0. The average Bonchev–Trinajstić information content (AvgIpc) is 2.10. The molecule has 0 aromatic rings. The van der Waals surface area contributed by atoms with Crippen LogP contribution in [-0.4, -0.2) is 23.3 Å². The van der Waals surface area contributed by atoms with E-state index in [9.17, 15) is 9.18 Å². The topological polar surface area (TPSA) is 63.3 Å². The van der Waals surface area contributed by atoms with Crippen molar-refractivity contribution in [2.45, 2.75) is 25.1 Å². The van der Waals surface area contributed by atoms with Crippen LogP contribution in [0.5, 0.6) is 0 Å². The Balaban J connectivity index is 2.54. The van der Waals surface area contributed by atoms with Crippen LogP contribution in [0.1, 0.15) is 12.8 Å². The number of hydrogen-bond acceptors (Lipinski definition) is 2. The number of carbonyl (C=O) groups is 1. The summed E-state index contributed by atoms with van der Waals surface area (Å²) in [5.74, 6) is -1.65. The highest BCUT2D eigenvalue weighted by Gasteiger charge is 2.36. The molecule has 0 heterocycles. The van der Waals surface area contributed by atoms with Gasteiger partial charge in [0.1, 0.15) is 6.17 Å². The number of hydrogen-bond donors (Lipinski definition) is 2. The minimum Gasteiger partial charge on any atom is -0.481 e. The standard InChI is InChI=1S/C6H10FNO2/c7-3-1-4(6(9)10)5(8)2-3/h3-5H,1-2,8H2,(H,9,10)/t3-,4-,5+/m0/s1. The molecule has 3 N–H and O–H groups in total. The van der Waals surface area contributed by atoms with Crippen LogP contribution in [0, 0.1) is 5.92 Å². The van der Waals surface area contributed by atoms with Crippen molar-refractivity contribution >= 4 is 5.97 Å². The zero-order valence-corrected chi connectivity index (χ0v) is 5.46. The summed E-state index contributed by atoms with van der Waals surface area (Å²) in [6.45, 7) is 0. The molecule has 3 nitrogen and oxygen atoms in total. The first-order valence-corrected chi connectivity index (χ1v) is 3.23. The van der Waals surface area contributed by atoms with E-state index >= 15 is 0 Å². The van der Waals surface area contributed by atoms with Crippen LogP contribution in [0.3, 0.4) is 0 Å². The number of carboxylic acid groups (broad SMARTS) is 1. The molecule has 1 aliphatic carbocycles. The summed E-state index contributed by atoms with van der Waals surface area (Å²) >= 11 is 0. The van der Waals surface area contributed by atoms with Gasteiger partial charge in [0.2, 0.25) is 0 Å². The number of rotatable bonds is 1. The number of aliphatic carboxylic acids is 1. The van der Waals surface area contributed by atoms with Crippen molar-refractivity contribution in [2.75, 3.05) is 0 Å². The second-order valence-electron chi connectivity index (χ2n) is 2.68. The molecule has 1 rings (SSSR count). The van der Waals surface area contributed by atoms with Gasteiger partial charge in [0, 0.05) is 6.04 Å². The summed E-state index contributed by atoms with van der Waals surface area (Å²) < 4.78 is 12.4. The van der Waals surface area contributed by atoms with Gasteiger partial charge in [-0.05, 0) is 12.8 Å². The maximum absolute atomic E-state index is 12.4. The number of carboxylic acids is 1. The van der Waals surface area contributed by atoms with Crippen molar-refractivity contribution in [1.82, 2.24) is 0 Å². The molecule has 0 aromatic heterocycles. The molecule has 0 radical (unpaired) electrons. The molecule has 0 amide bonds. The van der Waals surface area contributed by atoms with E-state index in [1.807, 2.05) is 0 Å². The fourth-order valence-electron chi connectivity index (χ4n) is 1.29. The van der Waals surface area contributed by atoms with E-state index in [0.29, 0.717) is 0 Å². The van der Waals surface area contributed by atoms with Gasteiger partial charge in [0.05, 0.1) is 5.92 Å². The van der Waals surface area contributed by atoms with E-state index in [1.165, 1.54) is 0 Å². The summed E-state index contributed by atoms with van der Waals surface area (Å²) in [5, 5.41) is 8.45. The average molecular weight is 147 g/mol. The van der Waals surface area contributed by atoms with Crippen molar-refractivity contribution in [3.05, 3.63) is 0 Å². The molecule has 0 aromatic carbocycles.